The van der Waals surface area contributed by atoms with Crippen LogP contribution in [-0.4, -0.2) is 11.5 Å². The molecule has 3 rings (SSSR count). The van der Waals surface area contributed by atoms with Crippen molar-refractivity contribution in [2.75, 3.05) is 6.54 Å². The molecule has 0 aliphatic carbocycles. The van der Waals surface area contributed by atoms with Gasteiger partial charge >= 0.3 is 0 Å². The summed E-state index contributed by atoms with van der Waals surface area (Å²) in [6, 6.07) is 10.4. The molecule has 0 atom stereocenters. The zero-order valence-corrected chi connectivity index (χ0v) is 8.33. The van der Waals surface area contributed by atoms with E-state index in [0.29, 0.717) is 0 Å². The molecule has 2 nitrogen and oxygen atoms in total. The maximum absolute atomic E-state index is 3.30. The van der Waals surface area contributed by atoms with Crippen molar-refractivity contribution in [1.29, 1.82) is 0 Å². The molecule has 74 valence electrons. The number of benzene rings is 1. The Hall–Kier alpha value is -1.96. The number of hydrogen-bond donors (Lipinski definition) is 2. The van der Waals surface area contributed by atoms with Crippen LogP contribution in [-0.2, 0) is 0 Å². The van der Waals surface area contributed by atoms with Gasteiger partial charge in [-0.15, -0.1) is 0 Å². The van der Waals surface area contributed by atoms with E-state index in [9.17, 15) is 0 Å². The van der Waals surface area contributed by atoms with E-state index >= 15 is 0 Å². The number of aromatic amines is 1. The van der Waals surface area contributed by atoms with E-state index < -0.39 is 0 Å². The molecular formula is C13H12N2. The second kappa shape index (κ2) is 3.31. The fourth-order valence-corrected chi connectivity index (χ4v) is 1.95. The lowest BCUT2D eigenvalue weighted by Gasteiger charge is -2.01. The standard InChI is InChI=1S/C13H12N2/c1-2-4-10(5-3-1)11-9-15-13-6-7-14-8-12(11)13/h1-6,8-9,14-15H,7H2. The smallest absolute Gasteiger partial charge is 0.0452 e. The average molecular weight is 196 g/mol. The van der Waals surface area contributed by atoms with E-state index in [4.69, 9.17) is 0 Å². The van der Waals surface area contributed by atoms with Crippen molar-refractivity contribution in [2.24, 2.45) is 0 Å². The van der Waals surface area contributed by atoms with Gasteiger partial charge in [-0.2, -0.15) is 0 Å². The Balaban J connectivity index is 2.28. The summed E-state index contributed by atoms with van der Waals surface area (Å²) in [6.45, 7) is 0.905. The molecule has 1 aliphatic heterocycles. The number of H-pyrrole nitrogens is 1. The van der Waals surface area contributed by atoms with Crippen LogP contribution in [0.1, 0.15) is 0 Å². The lowest BCUT2D eigenvalue weighted by atomic mass is 10.1. The summed E-state index contributed by atoms with van der Waals surface area (Å²) in [5, 5.41) is 5.71. The number of fused-ring (bicyclic) bond motifs is 1. The minimum absolute atomic E-state index is 0.905. The second-order valence-corrected chi connectivity index (χ2v) is 3.65. The highest BCUT2D eigenvalue weighted by molar-refractivity contribution is 5.65. The third-order valence-corrected chi connectivity index (χ3v) is 2.71. The van der Waals surface area contributed by atoms with Gasteiger partial charge in [0.05, 0.1) is 0 Å². The number of nitrogens with one attached hydrogen (secondary N) is 2. The lowest BCUT2D eigenvalue weighted by Crippen LogP contribution is -2.32. The number of aromatic nitrogens is 1. The first-order valence-electron chi connectivity index (χ1n) is 5.12. The van der Waals surface area contributed by atoms with Gasteiger partial charge in [0.2, 0.25) is 0 Å². The van der Waals surface area contributed by atoms with Crippen LogP contribution in [0.15, 0.2) is 36.5 Å². The molecular weight excluding hydrogens is 184 g/mol. The van der Waals surface area contributed by atoms with E-state index in [2.05, 4.69) is 53.0 Å². The maximum atomic E-state index is 3.30. The molecule has 0 amide bonds. The van der Waals surface area contributed by atoms with Crippen molar-refractivity contribution < 1.29 is 0 Å². The third kappa shape index (κ3) is 1.34. The van der Waals surface area contributed by atoms with Crippen LogP contribution >= 0.6 is 0 Å². The Bertz CT molecular complexity index is 579. The molecule has 0 radical (unpaired) electrons. The molecule has 0 saturated carbocycles. The monoisotopic (exact) mass is 196 g/mol. The van der Waals surface area contributed by atoms with Crippen LogP contribution in [0, 0.1) is 0 Å². The van der Waals surface area contributed by atoms with E-state index in [-0.39, 0.29) is 0 Å². The molecule has 1 aromatic carbocycles. The molecule has 0 fully saturated rings. The van der Waals surface area contributed by atoms with Gasteiger partial charge in [-0.3, -0.25) is 0 Å². The van der Waals surface area contributed by atoms with Gasteiger partial charge in [0, 0.05) is 35.1 Å². The fourth-order valence-electron chi connectivity index (χ4n) is 1.95. The Morgan fingerprint density at radius 2 is 1.93 bits per heavy atom. The fraction of sp³-hybridized carbons (Fsp3) is 0.0769. The van der Waals surface area contributed by atoms with Gasteiger partial charge in [0.25, 0.3) is 0 Å². The molecule has 0 bridgehead atoms. The molecule has 0 unspecified atom stereocenters. The van der Waals surface area contributed by atoms with Crippen molar-refractivity contribution in [1.82, 2.24) is 10.3 Å². The summed E-state index contributed by atoms with van der Waals surface area (Å²) in [6.07, 6.45) is 6.32. The summed E-state index contributed by atoms with van der Waals surface area (Å²) in [5.74, 6) is 0. The minimum atomic E-state index is 0.905. The van der Waals surface area contributed by atoms with Gasteiger partial charge in [-0.25, -0.2) is 0 Å². The zero-order valence-electron chi connectivity index (χ0n) is 8.33. The second-order valence-electron chi connectivity index (χ2n) is 3.65. The molecule has 15 heavy (non-hydrogen) atoms. The molecule has 0 saturated heterocycles. The van der Waals surface area contributed by atoms with E-state index in [0.717, 1.165) is 6.54 Å². The summed E-state index contributed by atoms with van der Waals surface area (Å²) in [5.41, 5.74) is 2.51. The van der Waals surface area contributed by atoms with Crippen molar-refractivity contribution >= 4 is 12.3 Å². The maximum Gasteiger partial charge on any atom is 0.0452 e. The Morgan fingerprint density at radius 1 is 1.07 bits per heavy atom. The molecule has 2 heterocycles. The first kappa shape index (κ1) is 8.36. The molecule has 2 N–H and O–H groups in total. The third-order valence-electron chi connectivity index (χ3n) is 2.71. The Kier molecular flexibility index (Phi) is 1.85. The highest BCUT2D eigenvalue weighted by Crippen LogP contribution is 2.12. The van der Waals surface area contributed by atoms with Crippen molar-refractivity contribution in [3.63, 3.8) is 0 Å². The first-order chi connectivity index (χ1) is 7.45. The quantitative estimate of drug-likeness (QED) is 0.694. The summed E-state index contributed by atoms with van der Waals surface area (Å²) in [4.78, 5) is 3.30. The highest BCUT2D eigenvalue weighted by Gasteiger charge is 2.03. The molecule has 1 aromatic heterocycles. The van der Waals surface area contributed by atoms with Crippen LogP contribution in [0.3, 0.4) is 0 Å². The average Bonchev–Trinajstić information content (AvgIpc) is 2.74. The number of hydrogen-bond acceptors (Lipinski definition) is 1. The summed E-state index contributed by atoms with van der Waals surface area (Å²) < 4.78 is 0. The largest absolute Gasteiger partial charge is 0.387 e. The van der Waals surface area contributed by atoms with Gasteiger partial charge < -0.3 is 10.3 Å². The Morgan fingerprint density at radius 3 is 2.80 bits per heavy atom. The minimum Gasteiger partial charge on any atom is -0.387 e. The van der Waals surface area contributed by atoms with Gasteiger partial charge in [-0.05, 0) is 11.6 Å². The van der Waals surface area contributed by atoms with Crippen LogP contribution in [0.2, 0.25) is 0 Å². The predicted octanol–water partition coefficient (Wildman–Crippen LogP) is 0.803. The SMILES string of the molecule is C1=c2[nH]cc(-c3ccccc3)c2=CNC1. The van der Waals surface area contributed by atoms with E-state index in [1.54, 1.807) is 0 Å². The van der Waals surface area contributed by atoms with Gasteiger partial charge in [0.1, 0.15) is 0 Å². The summed E-state index contributed by atoms with van der Waals surface area (Å²) >= 11 is 0. The normalized spacial score (nSPS) is 13.3. The Labute approximate surface area is 88.0 Å². The van der Waals surface area contributed by atoms with Crippen molar-refractivity contribution in [2.45, 2.75) is 0 Å². The molecule has 1 aliphatic rings. The lowest BCUT2D eigenvalue weighted by molar-refractivity contribution is 1.05. The van der Waals surface area contributed by atoms with Gasteiger partial charge in [-0.1, -0.05) is 30.3 Å². The van der Waals surface area contributed by atoms with E-state index in [1.165, 1.54) is 21.7 Å². The van der Waals surface area contributed by atoms with Crippen molar-refractivity contribution in [3.8, 4) is 11.1 Å². The summed E-state index contributed by atoms with van der Waals surface area (Å²) in [7, 11) is 0. The van der Waals surface area contributed by atoms with Crippen molar-refractivity contribution in [3.05, 3.63) is 47.1 Å². The predicted molar refractivity (Wildman–Crippen MR) is 62.4 cm³/mol. The molecule has 0 spiro atoms. The molecule has 2 heteroatoms. The van der Waals surface area contributed by atoms with Crippen LogP contribution in [0.4, 0.5) is 0 Å². The topological polar surface area (TPSA) is 27.8 Å². The highest BCUT2D eigenvalue weighted by atomic mass is 14.8. The zero-order chi connectivity index (χ0) is 10.1. The first-order valence-corrected chi connectivity index (χ1v) is 5.12. The number of rotatable bonds is 1. The molecule has 2 aromatic rings. The van der Waals surface area contributed by atoms with Crippen LogP contribution in [0.5, 0.6) is 0 Å². The van der Waals surface area contributed by atoms with Gasteiger partial charge in [0.15, 0.2) is 0 Å². The van der Waals surface area contributed by atoms with Crippen LogP contribution in [0.25, 0.3) is 23.4 Å². The van der Waals surface area contributed by atoms with E-state index in [1.807, 2.05) is 6.07 Å². The van der Waals surface area contributed by atoms with Crippen LogP contribution < -0.4 is 15.9 Å².